The van der Waals surface area contributed by atoms with E-state index in [0.717, 1.165) is 26.2 Å². The summed E-state index contributed by atoms with van der Waals surface area (Å²) in [7, 11) is 2.17. The fourth-order valence-electron chi connectivity index (χ4n) is 2.93. The van der Waals surface area contributed by atoms with Crippen LogP contribution in [0.15, 0.2) is 30.3 Å². The number of ether oxygens (including phenoxy) is 1. The van der Waals surface area contributed by atoms with Crippen molar-refractivity contribution in [1.29, 1.82) is 0 Å². The van der Waals surface area contributed by atoms with Gasteiger partial charge in [0.2, 0.25) is 0 Å². The van der Waals surface area contributed by atoms with Gasteiger partial charge in [0.05, 0.1) is 12.7 Å². The van der Waals surface area contributed by atoms with Crippen LogP contribution in [0.25, 0.3) is 0 Å². The summed E-state index contributed by atoms with van der Waals surface area (Å²) in [5.41, 5.74) is 1.40. The molecule has 0 amide bonds. The minimum Gasteiger partial charge on any atom is -0.374 e. The largest absolute Gasteiger partial charge is 0.374 e. The molecule has 1 heterocycles. The zero-order valence-electron chi connectivity index (χ0n) is 13.6. The van der Waals surface area contributed by atoms with Crippen molar-refractivity contribution in [2.24, 2.45) is 0 Å². The Morgan fingerprint density at radius 1 is 1.29 bits per heavy atom. The first-order valence-electron chi connectivity index (χ1n) is 8.38. The molecule has 1 saturated heterocycles. The van der Waals surface area contributed by atoms with Crippen molar-refractivity contribution in [3.8, 4) is 0 Å². The Kier molecular flexibility index (Phi) is 7.20. The van der Waals surface area contributed by atoms with E-state index in [2.05, 4.69) is 54.5 Å². The molecule has 0 aliphatic carbocycles. The zero-order valence-corrected chi connectivity index (χ0v) is 13.6. The number of unbranched alkanes of at least 4 members (excludes halogenated alkanes) is 2. The lowest BCUT2D eigenvalue weighted by Gasteiger charge is -2.31. The quantitative estimate of drug-likeness (QED) is 0.744. The van der Waals surface area contributed by atoms with Crippen molar-refractivity contribution in [2.45, 2.75) is 44.8 Å². The Morgan fingerprint density at radius 3 is 2.81 bits per heavy atom. The lowest BCUT2D eigenvalue weighted by molar-refractivity contribution is -0.0194. The summed E-state index contributed by atoms with van der Waals surface area (Å²) in [5, 5.41) is 3.73. The molecular formula is C18H30N2O. The van der Waals surface area contributed by atoms with Gasteiger partial charge in [-0.05, 0) is 19.0 Å². The Labute approximate surface area is 129 Å². The van der Waals surface area contributed by atoms with Crippen molar-refractivity contribution in [3.05, 3.63) is 35.9 Å². The highest BCUT2D eigenvalue weighted by Gasteiger charge is 2.19. The number of nitrogens with zero attached hydrogens (tertiary/aromatic N) is 1. The van der Waals surface area contributed by atoms with E-state index >= 15 is 0 Å². The van der Waals surface area contributed by atoms with Gasteiger partial charge >= 0.3 is 0 Å². The van der Waals surface area contributed by atoms with Crippen LogP contribution in [0.2, 0.25) is 0 Å². The van der Waals surface area contributed by atoms with Gasteiger partial charge in [0.1, 0.15) is 0 Å². The Balaban J connectivity index is 1.86. The molecule has 1 aromatic rings. The van der Waals surface area contributed by atoms with Crippen LogP contribution >= 0.6 is 0 Å². The van der Waals surface area contributed by atoms with Crippen LogP contribution in [0.5, 0.6) is 0 Å². The molecule has 2 unspecified atom stereocenters. The first-order valence-corrected chi connectivity index (χ1v) is 8.38. The Bertz CT molecular complexity index is 382. The molecular weight excluding hydrogens is 260 g/mol. The molecule has 1 fully saturated rings. The minimum atomic E-state index is 0.320. The molecule has 0 saturated carbocycles. The van der Waals surface area contributed by atoms with Crippen LogP contribution < -0.4 is 5.32 Å². The summed E-state index contributed by atoms with van der Waals surface area (Å²) in [4.78, 5) is 2.35. The topological polar surface area (TPSA) is 24.5 Å². The van der Waals surface area contributed by atoms with E-state index in [0.29, 0.717) is 12.1 Å². The van der Waals surface area contributed by atoms with E-state index in [9.17, 15) is 0 Å². The molecule has 0 bridgehead atoms. The number of hydrogen-bond donors (Lipinski definition) is 1. The van der Waals surface area contributed by atoms with Gasteiger partial charge in [0.25, 0.3) is 0 Å². The van der Waals surface area contributed by atoms with Crippen LogP contribution in [0.3, 0.4) is 0 Å². The van der Waals surface area contributed by atoms with Crippen LogP contribution in [-0.4, -0.2) is 44.3 Å². The predicted molar refractivity (Wildman–Crippen MR) is 88.6 cm³/mol. The molecule has 2 rings (SSSR count). The summed E-state index contributed by atoms with van der Waals surface area (Å²) in [6.45, 7) is 6.14. The summed E-state index contributed by atoms with van der Waals surface area (Å²) in [5.74, 6) is 0. The number of nitrogens with one attached hydrogen (secondary N) is 1. The van der Waals surface area contributed by atoms with E-state index < -0.39 is 0 Å². The van der Waals surface area contributed by atoms with Gasteiger partial charge in [-0.2, -0.15) is 0 Å². The standard InChI is InChI=1S/C18H30N2O/c1-3-4-6-11-18(16-9-7-5-8-10-16)19-14-17-15-20(2)12-13-21-17/h5,7-10,17-19H,3-4,6,11-15H2,1-2H3. The van der Waals surface area contributed by atoms with Gasteiger partial charge in [-0.25, -0.2) is 0 Å². The van der Waals surface area contributed by atoms with E-state index in [-0.39, 0.29) is 0 Å². The molecule has 0 aromatic heterocycles. The molecule has 0 radical (unpaired) electrons. The van der Waals surface area contributed by atoms with Crippen molar-refractivity contribution < 1.29 is 4.74 Å². The summed E-state index contributed by atoms with van der Waals surface area (Å²) < 4.78 is 5.86. The molecule has 1 aromatic carbocycles. The molecule has 1 aliphatic rings. The highest BCUT2D eigenvalue weighted by molar-refractivity contribution is 5.18. The third kappa shape index (κ3) is 5.77. The first kappa shape index (κ1) is 16.5. The molecule has 2 atom stereocenters. The smallest absolute Gasteiger partial charge is 0.0826 e. The molecule has 3 heteroatoms. The van der Waals surface area contributed by atoms with Gasteiger partial charge in [-0.15, -0.1) is 0 Å². The van der Waals surface area contributed by atoms with Crippen LogP contribution in [-0.2, 0) is 4.74 Å². The normalized spacial score (nSPS) is 21.3. The minimum absolute atomic E-state index is 0.320. The molecule has 3 nitrogen and oxygen atoms in total. The van der Waals surface area contributed by atoms with Gasteiger partial charge in [-0.3, -0.25) is 0 Å². The van der Waals surface area contributed by atoms with E-state index in [1.165, 1.54) is 31.2 Å². The average molecular weight is 290 g/mol. The van der Waals surface area contributed by atoms with Gasteiger partial charge in [0.15, 0.2) is 0 Å². The van der Waals surface area contributed by atoms with Crippen molar-refractivity contribution in [2.75, 3.05) is 33.3 Å². The maximum atomic E-state index is 5.86. The average Bonchev–Trinajstić information content (AvgIpc) is 2.52. The van der Waals surface area contributed by atoms with Crippen molar-refractivity contribution in [3.63, 3.8) is 0 Å². The molecule has 1 aliphatic heterocycles. The summed E-state index contributed by atoms with van der Waals surface area (Å²) in [6, 6.07) is 11.3. The Morgan fingerprint density at radius 2 is 2.10 bits per heavy atom. The third-order valence-electron chi connectivity index (χ3n) is 4.23. The van der Waals surface area contributed by atoms with E-state index in [1.807, 2.05) is 0 Å². The molecule has 0 spiro atoms. The fourth-order valence-corrected chi connectivity index (χ4v) is 2.93. The zero-order chi connectivity index (χ0) is 14.9. The maximum absolute atomic E-state index is 5.86. The molecule has 21 heavy (non-hydrogen) atoms. The number of hydrogen-bond acceptors (Lipinski definition) is 3. The highest BCUT2D eigenvalue weighted by atomic mass is 16.5. The van der Waals surface area contributed by atoms with Gasteiger partial charge in [-0.1, -0.05) is 56.5 Å². The second-order valence-electron chi connectivity index (χ2n) is 6.12. The third-order valence-corrected chi connectivity index (χ3v) is 4.23. The summed E-state index contributed by atoms with van der Waals surface area (Å²) >= 11 is 0. The van der Waals surface area contributed by atoms with Crippen LogP contribution in [0.1, 0.15) is 44.2 Å². The van der Waals surface area contributed by atoms with Crippen molar-refractivity contribution >= 4 is 0 Å². The molecule has 118 valence electrons. The number of likely N-dealkylation sites (N-methyl/N-ethyl adjacent to an activating group) is 1. The lowest BCUT2D eigenvalue weighted by Crippen LogP contribution is -2.45. The molecule has 1 N–H and O–H groups in total. The maximum Gasteiger partial charge on any atom is 0.0826 e. The van der Waals surface area contributed by atoms with Gasteiger partial charge in [0, 0.05) is 25.7 Å². The Hall–Kier alpha value is -0.900. The first-order chi connectivity index (χ1) is 10.3. The fraction of sp³-hybridized carbons (Fsp3) is 0.667. The van der Waals surface area contributed by atoms with Crippen LogP contribution in [0.4, 0.5) is 0 Å². The van der Waals surface area contributed by atoms with Crippen molar-refractivity contribution in [1.82, 2.24) is 10.2 Å². The second kappa shape index (κ2) is 9.19. The van der Waals surface area contributed by atoms with Gasteiger partial charge < -0.3 is 15.0 Å². The summed E-state index contributed by atoms with van der Waals surface area (Å²) in [6.07, 6.45) is 5.40. The van der Waals surface area contributed by atoms with Crippen LogP contribution in [0, 0.1) is 0 Å². The highest BCUT2D eigenvalue weighted by Crippen LogP contribution is 2.20. The SMILES string of the molecule is CCCCCC(NCC1CN(C)CCO1)c1ccccc1. The lowest BCUT2D eigenvalue weighted by atomic mass is 10.00. The predicted octanol–water partition coefficient (Wildman–Crippen LogP) is 3.23. The van der Waals surface area contributed by atoms with E-state index in [4.69, 9.17) is 4.74 Å². The number of benzene rings is 1. The van der Waals surface area contributed by atoms with E-state index in [1.54, 1.807) is 0 Å². The number of morpholine rings is 1. The monoisotopic (exact) mass is 290 g/mol. The second-order valence-corrected chi connectivity index (χ2v) is 6.12. The number of rotatable bonds is 8.